The minimum absolute atomic E-state index is 0.161. The molecule has 2 saturated heterocycles. The van der Waals surface area contributed by atoms with Gasteiger partial charge in [0.05, 0.1) is 15.5 Å². The molecule has 0 aliphatic carbocycles. The predicted molar refractivity (Wildman–Crippen MR) is 104 cm³/mol. The normalized spacial score (nSPS) is 23.1. The largest absolute Gasteiger partial charge is 0.354 e. The lowest BCUT2D eigenvalue weighted by Gasteiger charge is -2.39. The van der Waals surface area contributed by atoms with Crippen LogP contribution in [0.4, 0.5) is 11.6 Å². The van der Waals surface area contributed by atoms with E-state index in [0.29, 0.717) is 29.0 Å². The summed E-state index contributed by atoms with van der Waals surface area (Å²) in [6.07, 6.45) is 5.98. The van der Waals surface area contributed by atoms with Crippen molar-refractivity contribution < 1.29 is 4.79 Å². The third-order valence-corrected chi connectivity index (χ3v) is 5.90. The zero-order chi connectivity index (χ0) is 18.3. The molecule has 2 aliphatic rings. The van der Waals surface area contributed by atoms with Crippen molar-refractivity contribution in [1.82, 2.24) is 9.97 Å². The molecule has 0 aromatic carbocycles. The molecule has 0 radical (unpaired) electrons. The van der Waals surface area contributed by atoms with Crippen LogP contribution >= 0.6 is 23.2 Å². The lowest BCUT2D eigenvalue weighted by atomic mass is 9.78. The zero-order valence-corrected chi connectivity index (χ0v) is 16.1. The SMILES string of the molecule is Cc1cccnc1N1CCC2(CCCN(c3ncc(Cl)cc3Cl)C2)C1=O. The minimum Gasteiger partial charge on any atom is -0.354 e. The van der Waals surface area contributed by atoms with E-state index in [0.717, 1.165) is 37.2 Å². The van der Waals surface area contributed by atoms with Crippen molar-refractivity contribution in [1.29, 1.82) is 0 Å². The second-order valence-electron chi connectivity index (χ2n) is 7.12. The van der Waals surface area contributed by atoms with Crippen LogP contribution in [-0.2, 0) is 4.79 Å². The molecule has 136 valence electrons. The molecule has 1 unspecified atom stereocenters. The van der Waals surface area contributed by atoms with Gasteiger partial charge in [-0.2, -0.15) is 0 Å². The first-order valence-corrected chi connectivity index (χ1v) is 9.55. The van der Waals surface area contributed by atoms with Gasteiger partial charge in [-0.3, -0.25) is 9.69 Å². The topological polar surface area (TPSA) is 49.3 Å². The fourth-order valence-electron chi connectivity index (χ4n) is 4.11. The van der Waals surface area contributed by atoms with E-state index in [1.807, 2.05) is 24.0 Å². The fraction of sp³-hybridized carbons (Fsp3) is 0.421. The number of halogens is 2. The maximum absolute atomic E-state index is 13.3. The lowest BCUT2D eigenvalue weighted by Crippen LogP contribution is -2.48. The van der Waals surface area contributed by atoms with Gasteiger partial charge in [0, 0.05) is 32.0 Å². The highest BCUT2D eigenvalue weighted by Crippen LogP contribution is 2.43. The highest BCUT2D eigenvalue weighted by Gasteiger charge is 2.50. The van der Waals surface area contributed by atoms with Crippen LogP contribution < -0.4 is 9.80 Å². The summed E-state index contributed by atoms with van der Waals surface area (Å²) in [5.41, 5.74) is 0.625. The Morgan fingerprint density at radius 2 is 2.00 bits per heavy atom. The van der Waals surface area contributed by atoms with Crippen molar-refractivity contribution in [3.8, 4) is 0 Å². The first kappa shape index (κ1) is 17.6. The van der Waals surface area contributed by atoms with Gasteiger partial charge in [0.2, 0.25) is 5.91 Å². The quantitative estimate of drug-likeness (QED) is 0.773. The first-order valence-electron chi connectivity index (χ1n) is 8.80. The Morgan fingerprint density at radius 1 is 1.15 bits per heavy atom. The number of anilines is 2. The molecular weight excluding hydrogens is 371 g/mol. The van der Waals surface area contributed by atoms with Crippen LogP contribution in [0.15, 0.2) is 30.6 Å². The number of nitrogens with zero attached hydrogens (tertiary/aromatic N) is 4. The number of carbonyl (C=O) groups excluding carboxylic acids is 1. The number of carbonyl (C=O) groups is 1. The van der Waals surface area contributed by atoms with Gasteiger partial charge in [0.15, 0.2) is 0 Å². The molecule has 1 spiro atoms. The molecule has 1 atom stereocenters. The van der Waals surface area contributed by atoms with Crippen LogP contribution in [0, 0.1) is 12.3 Å². The predicted octanol–water partition coefficient (Wildman–Crippen LogP) is 4.12. The molecule has 5 nitrogen and oxygen atoms in total. The van der Waals surface area contributed by atoms with Crippen LogP contribution in [0.2, 0.25) is 10.0 Å². The number of amides is 1. The average molecular weight is 391 g/mol. The number of piperidine rings is 1. The highest BCUT2D eigenvalue weighted by atomic mass is 35.5. The van der Waals surface area contributed by atoms with Gasteiger partial charge in [-0.25, -0.2) is 9.97 Å². The third-order valence-electron chi connectivity index (χ3n) is 5.42. The summed E-state index contributed by atoms with van der Waals surface area (Å²) in [6.45, 7) is 4.16. The summed E-state index contributed by atoms with van der Waals surface area (Å²) in [4.78, 5) is 26.1. The van der Waals surface area contributed by atoms with E-state index in [1.54, 1.807) is 18.5 Å². The van der Waals surface area contributed by atoms with Crippen molar-refractivity contribution in [2.45, 2.75) is 26.2 Å². The summed E-state index contributed by atoms with van der Waals surface area (Å²) < 4.78 is 0. The monoisotopic (exact) mass is 390 g/mol. The van der Waals surface area contributed by atoms with Crippen LogP contribution in [0.3, 0.4) is 0 Å². The maximum atomic E-state index is 13.3. The van der Waals surface area contributed by atoms with Gasteiger partial charge in [0.25, 0.3) is 0 Å². The molecule has 0 bridgehead atoms. The molecule has 0 N–H and O–H groups in total. The van der Waals surface area contributed by atoms with E-state index in [1.165, 1.54) is 0 Å². The number of rotatable bonds is 2. The molecule has 2 aromatic heterocycles. The molecule has 1 amide bonds. The van der Waals surface area contributed by atoms with Crippen molar-refractivity contribution in [2.75, 3.05) is 29.4 Å². The Kier molecular flexibility index (Phi) is 4.53. The third kappa shape index (κ3) is 2.93. The van der Waals surface area contributed by atoms with E-state index in [4.69, 9.17) is 23.2 Å². The molecule has 2 aromatic rings. The van der Waals surface area contributed by atoms with Crippen molar-refractivity contribution in [3.63, 3.8) is 0 Å². The Balaban J connectivity index is 1.61. The molecule has 4 rings (SSSR count). The number of hydrogen-bond acceptors (Lipinski definition) is 4. The summed E-state index contributed by atoms with van der Waals surface area (Å²) in [6, 6.07) is 5.59. The van der Waals surface area contributed by atoms with Crippen molar-refractivity contribution in [2.24, 2.45) is 5.41 Å². The Morgan fingerprint density at radius 3 is 2.77 bits per heavy atom. The van der Waals surface area contributed by atoms with Gasteiger partial charge < -0.3 is 4.90 Å². The van der Waals surface area contributed by atoms with Crippen molar-refractivity contribution in [3.05, 3.63) is 46.2 Å². The van der Waals surface area contributed by atoms with Gasteiger partial charge >= 0.3 is 0 Å². The Labute approximate surface area is 162 Å². The first-order chi connectivity index (χ1) is 12.5. The van der Waals surface area contributed by atoms with Crippen LogP contribution in [0.5, 0.6) is 0 Å². The Bertz CT molecular complexity index is 859. The summed E-state index contributed by atoms with van der Waals surface area (Å²) >= 11 is 12.3. The average Bonchev–Trinajstić information content (AvgIpc) is 2.92. The smallest absolute Gasteiger partial charge is 0.236 e. The van der Waals surface area contributed by atoms with E-state index in [-0.39, 0.29) is 5.91 Å². The van der Waals surface area contributed by atoms with E-state index >= 15 is 0 Å². The molecule has 0 saturated carbocycles. The van der Waals surface area contributed by atoms with Gasteiger partial charge in [-0.05, 0) is 43.9 Å². The molecule has 4 heterocycles. The second kappa shape index (κ2) is 6.71. The Hall–Kier alpha value is -1.85. The number of pyridine rings is 2. The molecule has 26 heavy (non-hydrogen) atoms. The minimum atomic E-state index is -0.396. The highest BCUT2D eigenvalue weighted by molar-refractivity contribution is 6.36. The molecule has 2 aliphatic heterocycles. The number of aromatic nitrogens is 2. The van der Waals surface area contributed by atoms with E-state index in [9.17, 15) is 4.79 Å². The number of hydrogen-bond donors (Lipinski definition) is 0. The van der Waals surface area contributed by atoms with Gasteiger partial charge in [-0.1, -0.05) is 29.3 Å². The summed E-state index contributed by atoms with van der Waals surface area (Å²) in [7, 11) is 0. The molecular formula is C19H20Cl2N4O. The van der Waals surface area contributed by atoms with Crippen LogP contribution in [0.25, 0.3) is 0 Å². The molecule has 2 fully saturated rings. The number of aryl methyl sites for hydroxylation is 1. The lowest BCUT2D eigenvalue weighted by molar-refractivity contribution is -0.126. The second-order valence-corrected chi connectivity index (χ2v) is 7.96. The van der Waals surface area contributed by atoms with E-state index in [2.05, 4.69) is 14.9 Å². The van der Waals surface area contributed by atoms with Crippen LogP contribution in [-0.4, -0.2) is 35.5 Å². The van der Waals surface area contributed by atoms with Crippen LogP contribution in [0.1, 0.15) is 24.8 Å². The summed E-state index contributed by atoms with van der Waals surface area (Å²) in [5.74, 6) is 1.64. The zero-order valence-electron chi connectivity index (χ0n) is 14.6. The fourth-order valence-corrected chi connectivity index (χ4v) is 4.61. The standard InChI is InChI=1S/C19H20Cl2N4O/c1-13-4-2-7-22-16(13)25-9-6-19(18(25)26)5-3-8-24(12-19)17-15(21)10-14(20)11-23-17/h2,4,7,10-11H,3,5-6,8-9,12H2,1H3. The summed E-state index contributed by atoms with van der Waals surface area (Å²) in [5, 5.41) is 1.04. The maximum Gasteiger partial charge on any atom is 0.236 e. The molecule has 7 heteroatoms. The van der Waals surface area contributed by atoms with E-state index < -0.39 is 5.41 Å². The van der Waals surface area contributed by atoms with Crippen molar-refractivity contribution >= 4 is 40.7 Å². The van der Waals surface area contributed by atoms with Gasteiger partial charge in [0.1, 0.15) is 11.6 Å². The van der Waals surface area contributed by atoms with Gasteiger partial charge in [-0.15, -0.1) is 0 Å².